The van der Waals surface area contributed by atoms with E-state index in [9.17, 15) is 5.26 Å². The fourth-order valence-electron chi connectivity index (χ4n) is 2.55. The molecule has 27 heavy (non-hydrogen) atoms. The summed E-state index contributed by atoms with van der Waals surface area (Å²) in [7, 11) is 4.66. The van der Waals surface area contributed by atoms with Gasteiger partial charge >= 0.3 is 0 Å². The highest BCUT2D eigenvalue weighted by Gasteiger charge is 2.14. The van der Waals surface area contributed by atoms with E-state index >= 15 is 0 Å². The van der Waals surface area contributed by atoms with Crippen LogP contribution < -0.4 is 14.2 Å². The van der Waals surface area contributed by atoms with Crippen LogP contribution in [-0.4, -0.2) is 31.3 Å². The topological polar surface area (TPSA) is 77.3 Å². The molecule has 0 aliphatic carbocycles. The van der Waals surface area contributed by atoms with Gasteiger partial charge in [-0.2, -0.15) is 5.26 Å². The van der Waals surface area contributed by atoms with E-state index in [-0.39, 0.29) is 0 Å². The van der Waals surface area contributed by atoms with Crippen LogP contribution in [0, 0.1) is 11.3 Å². The van der Waals surface area contributed by atoms with E-state index < -0.39 is 0 Å². The van der Waals surface area contributed by atoms with Crippen molar-refractivity contribution in [1.82, 2.24) is 9.97 Å². The Hall–Kier alpha value is -3.37. The van der Waals surface area contributed by atoms with E-state index in [1.807, 2.05) is 17.5 Å². The number of nitrogens with zero attached hydrogens (tertiary/aromatic N) is 3. The number of benzene rings is 1. The normalized spacial score (nSPS) is 11.0. The molecule has 3 aromatic rings. The third-order valence-corrected chi connectivity index (χ3v) is 4.70. The molecule has 0 unspecified atom stereocenters. The molecule has 0 aliphatic rings. The summed E-state index contributed by atoms with van der Waals surface area (Å²) in [6.45, 7) is 0. The Morgan fingerprint density at radius 1 is 1.07 bits per heavy atom. The van der Waals surface area contributed by atoms with Crippen LogP contribution in [0.1, 0.15) is 10.6 Å². The highest BCUT2D eigenvalue weighted by atomic mass is 32.1. The smallest absolute Gasteiger partial charge is 0.203 e. The van der Waals surface area contributed by atoms with Crippen molar-refractivity contribution in [3.05, 3.63) is 52.6 Å². The predicted octanol–water partition coefficient (Wildman–Crippen LogP) is 4.30. The van der Waals surface area contributed by atoms with Crippen molar-refractivity contribution in [2.75, 3.05) is 21.3 Å². The fraction of sp³-hybridized carbons (Fsp3) is 0.150. The van der Waals surface area contributed by atoms with Gasteiger partial charge in [0.1, 0.15) is 11.1 Å². The quantitative estimate of drug-likeness (QED) is 0.595. The van der Waals surface area contributed by atoms with Gasteiger partial charge in [-0.15, -0.1) is 11.3 Å². The minimum Gasteiger partial charge on any atom is -0.493 e. The highest BCUT2D eigenvalue weighted by molar-refractivity contribution is 7.11. The molecular weight excluding hydrogens is 362 g/mol. The van der Waals surface area contributed by atoms with Gasteiger partial charge in [-0.25, -0.2) is 4.98 Å². The molecule has 7 heteroatoms. The maximum Gasteiger partial charge on any atom is 0.203 e. The Kier molecular flexibility index (Phi) is 5.69. The summed E-state index contributed by atoms with van der Waals surface area (Å²) in [6.07, 6.45) is 5.18. The maximum atomic E-state index is 9.63. The number of rotatable bonds is 6. The molecule has 0 aliphatic heterocycles. The first kappa shape index (κ1) is 18.4. The Balaban J connectivity index is 2.00. The number of allylic oxidation sites excluding steroid dienone is 1. The Labute approximate surface area is 161 Å². The lowest BCUT2D eigenvalue weighted by molar-refractivity contribution is 0.324. The van der Waals surface area contributed by atoms with Crippen molar-refractivity contribution in [3.8, 4) is 34.6 Å². The zero-order chi connectivity index (χ0) is 19.2. The molecule has 0 spiro atoms. The lowest BCUT2D eigenvalue weighted by Gasteiger charge is -2.13. The number of hydrogen-bond acceptors (Lipinski definition) is 7. The van der Waals surface area contributed by atoms with E-state index in [0.29, 0.717) is 27.8 Å². The van der Waals surface area contributed by atoms with E-state index in [2.05, 4.69) is 16.0 Å². The van der Waals surface area contributed by atoms with E-state index in [1.54, 1.807) is 51.9 Å². The standard InChI is InChI=1S/C20H17N3O3S/c1-24-17-9-13(10-18(25-2)19(17)26-3)8-15(11-21)20-23-16(12-27-20)14-4-6-22-7-5-14/h4-10,12H,1-3H3/b15-8-. The van der Waals surface area contributed by atoms with E-state index in [4.69, 9.17) is 14.2 Å². The Bertz CT molecular complexity index is 982. The molecule has 1 aromatic carbocycles. The Morgan fingerprint density at radius 3 is 2.30 bits per heavy atom. The molecule has 0 fully saturated rings. The second kappa shape index (κ2) is 8.34. The molecule has 0 radical (unpaired) electrons. The van der Waals surface area contributed by atoms with Crippen molar-refractivity contribution in [2.45, 2.75) is 0 Å². The lowest BCUT2D eigenvalue weighted by atomic mass is 10.1. The van der Waals surface area contributed by atoms with Crippen LogP contribution in [0.25, 0.3) is 22.9 Å². The van der Waals surface area contributed by atoms with Crippen molar-refractivity contribution >= 4 is 23.0 Å². The first-order valence-electron chi connectivity index (χ1n) is 7.98. The number of pyridine rings is 1. The maximum absolute atomic E-state index is 9.63. The molecular formula is C20H17N3O3S. The molecule has 0 atom stereocenters. The zero-order valence-electron chi connectivity index (χ0n) is 15.1. The average Bonchev–Trinajstić information content (AvgIpc) is 3.21. The largest absolute Gasteiger partial charge is 0.493 e. The fourth-order valence-corrected chi connectivity index (χ4v) is 3.34. The molecule has 136 valence electrons. The molecule has 2 aromatic heterocycles. The predicted molar refractivity (Wildman–Crippen MR) is 105 cm³/mol. The van der Waals surface area contributed by atoms with Crippen LogP contribution in [0.4, 0.5) is 0 Å². The van der Waals surface area contributed by atoms with Crippen LogP contribution in [0.15, 0.2) is 42.0 Å². The monoisotopic (exact) mass is 379 g/mol. The van der Waals surface area contributed by atoms with Gasteiger partial charge in [0, 0.05) is 23.3 Å². The first-order chi connectivity index (χ1) is 13.2. The number of ether oxygens (including phenoxy) is 3. The molecule has 0 bridgehead atoms. The van der Waals surface area contributed by atoms with Crippen LogP contribution in [-0.2, 0) is 0 Å². The third kappa shape index (κ3) is 3.91. The van der Waals surface area contributed by atoms with E-state index in [1.165, 1.54) is 11.3 Å². The highest BCUT2D eigenvalue weighted by Crippen LogP contribution is 2.39. The number of methoxy groups -OCH3 is 3. The van der Waals surface area contributed by atoms with Gasteiger partial charge < -0.3 is 14.2 Å². The van der Waals surface area contributed by atoms with Gasteiger partial charge in [0.15, 0.2) is 11.5 Å². The van der Waals surface area contributed by atoms with Crippen LogP contribution in [0.2, 0.25) is 0 Å². The summed E-state index contributed by atoms with van der Waals surface area (Å²) < 4.78 is 16.1. The molecule has 0 N–H and O–H groups in total. The number of thiazole rings is 1. The summed E-state index contributed by atoms with van der Waals surface area (Å²) in [5.74, 6) is 1.55. The molecule has 0 saturated carbocycles. The number of nitriles is 1. The zero-order valence-corrected chi connectivity index (χ0v) is 15.9. The minimum absolute atomic E-state index is 0.453. The number of hydrogen-bond donors (Lipinski definition) is 0. The van der Waals surface area contributed by atoms with Gasteiger partial charge in [-0.1, -0.05) is 0 Å². The summed E-state index contributed by atoms with van der Waals surface area (Å²) in [4.78, 5) is 8.59. The number of aromatic nitrogens is 2. The van der Waals surface area contributed by atoms with Crippen LogP contribution in [0.3, 0.4) is 0 Å². The molecule has 2 heterocycles. The van der Waals surface area contributed by atoms with Gasteiger partial charge in [-0.3, -0.25) is 4.98 Å². The summed E-state index contributed by atoms with van der Waals surface area (Å²) in [5, 5.41) is 12.2. The molecule has 0 amide bonds. The summed E-state index contributed by atoms with van der Waals surface area (Å²) in [6, 6.07) is 9.56. The third-order valence-electron chi connectivity index (χ3n) is 3.83. The van der Waals surface area contributed by atoms with Crippen LogP contribution >= 0.6 is 11.3 Å². The second-order valence-electron chi connectivity index (χ2n) is 5.40. The van der Waals surface area contributed by atoms with Gasteiger partial charge in [0.2, 0.25) is 5.75 Å². The molecule has 0 saturated heterocycles. The van der Waals surface area contributed by atoms with Crippen molar-refractivity contribution in [3.63, 3.8) is 0 Å². The summed E-state index contributed by atoms with van der Waals surface area (Å²) >= 11 is 1.41. The molecule has 3 rings (SSSR count). The first-order valence-corrected chi connectivity index (χ1v) is 8.86. The Morgan fingerprint density at radius 2 is 1.74 bits per heavy atom. The lowest BCUT2D eigenvalue weighted by Crippen LogP contribution is -1.95. The summed E-state index contributed by atoms with van der Waals surface area (Å²) in [5.41, 5.74) is 2.97. The van der Waals surface area contributed by atoms with Crippen LogP contribution in [0.5, 0.6) is 17.2 Å². The van der Waals surface area contributed by atoms with Crippen molar-refractivity contribution in [1.29, 1.82) is 5.26 Å². The van der Waals surface area contributed by atoms with Gasteiger partial charge in [0.05, 0.1) is 32.6 Å². The average molecular weight is 379 g/mol. The SMILES string of the molecule is COc1cc(/C=C(/C#N)c2nc(-c3ccncc3)cs2)cc(OC)c1OC. The van der Waals surface area contributed by atoms with E-state index in [0.717, 1.165) is 16.8 Å². The molecule has 6 nitrogen and oxygen atoms in total. The second-order valence-corrected chi connectivity index (χ2v) is 6.26. The minimum atomic E-state index is 0.453. The van der Waals surface area contributed by atoms with Gasteiger partial charge in [0.25, 0.3) is 0 Å². The van der Waals surface area contributed by atoms with Crippen molar-refractivity contribution < 1.29 is 14.2 Å². The van der Waals surface area contributed by atoms with Gasteiger partial charge in [-0.05, 0) is 35.9 Å². The van der Waals surface area contributed by atoms with Crippen molar-refractivity contribution in [2.24, 2.45) is 0 Å².